The summed E-state index contributed by atoms with van der Waals surface area (Å²) in [7, 11) is 0. The Kier molecular flexibility index (Phi) is 3.21. The highest BCUT2D eigenvalue weighted by Gasteiger charge is 2.05. The van der Waals surface area contributed by atoms with Crippen molar-refractivity contribution >= 4 is 38.9 Å². The topological polar surface area (TPSA) is 55.9 Å². The molecule has 6 heteroatoms. The number of benzene rings is 1. The third kappa shape index (κ3) is 2.40. The van der Waals surface area contributed by atoms with Gasteiger partial charge in [-0.25, -0.2) is 4.68 Å². The fourth-order valence-corrected chi connectivity index (χ4v) is 1.74. The predicted molar refractivity (Wildman–Crippen MR) is 71.7 cm³/mol. The van der Waals surface area contributed by atoms with Gasteiger partial charge < -0.3 is 11.1 Å². The summed E-state index contributed by atoms with van der Waals surface area (Å²) in [4.78, 5) is 0. The maximum atomic E-state index is 5.46. The van der Waals surface area contributed by atoms with Crippen LogP contribution in [0, 0.1) is 0 Å². The third-order valence-corrected chi connectivity index (χ3v) is 2.47. The molecule has 3 N–H and O–H groups in total. The molecule has 82 valence electrons. The molecule has 0 aliphatic heterocycles. The number of anilines is 1. The van der Waals surface area contributed by atoms with Crippen LogP contribution in [0.2, 0.25) is 0 Å². The molecule has 1 heterocycles. The Balaban J connectivity index is 2.43. The van der Waals surface area contributed by atoms with Crippen molar-refractivity contribution < 1.29 is 0 Å². The molecular weight excluding hydrogens is 288 g/mol. The van der Waals surface area contributed by atoms with Crippen molar-refractivity contribution in [3.05, 3.63) is 41.1 Å². The molecule has 1 aromatic heterocycles. The van der Waals surface area contributed by atoms with Crippen LogP contribution in [-0.4, -0.2) is 14.9 Å². The smallest absolute Gasteiger partial charge is 0.168 e. The van der Waals surface area contributed by atoms with E-state index in [4.69, 9.17) is 18.0 Å². The highest BCUT2D eigenvalue weighted by Crippen LogP contribution is 2.20. The lowest BCUT2D eigenvalue weighted by molar-refractivity contribution is 0.882. The van der Waals surface area contributed by atoms with Crippen molar-refractivity contribution in [2.45, 2.75) is 0 Å². The fourth-order valence-electron chi connectivity index (χ4n) is 1.34. The Morgan fingerprint density at radius 3 is 2.81 bits per heavy atom. The highest BCUT2D eigenvalue weighted by atomic mass is 79.9. The molecule has 4 nitrogen and oxygen atoms in total. The van der Waals surface area contributed by atoms with Crippen LogP contribution in [0.25, 0.3) is 5.69 Å². The minimum atomic E-state index is 0.235. The molecule has 2 aromatic rings. The molecule has 0 saturated carbocycles. The van der Waals surface area contributed by atoms with Crippen LogP contribution < -0.4 is 11.1 Å². The van der Waals surface area contributed by atoms with Gasteiger partial charge >= 0.3 is 0 Å². The first-order valence-electron chi connectivity index (χ1n) is 4.53. The molecule has 0 aliphatic rings. The Morgan fingerprint density at radius 2 is 2.19 bits per heavy atom. The van der Waals surface area contributed by atoms with Crippen molar-refractivity contribution in [1.82, 2.24) is 9.78 Å². The number of hydrogen-bond acceptors (Lipinski definition) is 2. The lowest BCUT2D eigenvalue weighted by atomic mass is 10.2. The zero-order valence-corrected chi connectivity index (χ0v) is 10.6. The molecule has 0 aliphatic carbocycles. The van der Waals surface area contributed by atoms with Gasteiger partial charge in [0.2, 0.25) is 0 Å². The Hall–Kier alpha value is -1.40. The second-order valence-corrected chi connectivity index (χ2v) is 4.47. The number of nitrogens with two attached hydrogens (primary N) is 1. The number of para-hydroxylation sites is 2. The van der Waals surface area contributed by atoms with Gasteiger partial charge in [0.1, 0.15) is 0 Å². The largest absolute Gasteiger partial charge is 0.376 e. The molecule has 0 fully saturated rings. The third-order valence-electron chi connectivity index (χ3n) is 1.96. The fraction of sp³-hybridized carbons (Fsp3) is 0. The van der Waals surface area contributed by atoms with Crippen LogP contribution in [0.4, 0.5) is 5.69 Å². The molecule has 1 aromatic carbocycles. The minimum absolute atomic E-state index is 0.235. The second-order valence-electron chi connectivity index (χ2n) is 3.11. The minimum Gasteiger partial charge on any atom is -0.376 e. The van der Waals surface area contributed by atoms with Crippen LogP contribution in [0.5, 0.6) is 0 Å². The summed E-state index contributed by atoms with van der Waals surface area (Å²) in [6.07, 6.45) is 3.58. The Bertz CT molecular complexity index is 523. The van der Waals surface area contributed by atoms with Gasteiger partial charge in [0.05, 0.1) is 22.0 Å². The van der Waals surface area contributed by atoms with Gasteiger partial charge in [-0.05, 0) is 40.3 Å². The lowest BCUT2D eigenvalue weighted by Gasteiger charge is -2.10. The van der Waals surface area contributed by atoms with Gasteiger partial charge in [0.25, 0.3) is 0 Å². The maximum absolute atomic E-state index is 5.46. The van der Waals surface area contributed by atoms with E-state index in [0.717, 1.165) is 15.8 Å². The first-order valence-corrected chi connectivity index (χ1v) is 5.73. The van der Waals surface area contributed by atoms with Crippen molar-refractivity contribution in [1.29, 1.82) is 0 Å². The molecule has 2 rings (SSSR count). The van der Waals surface area contributed by atoms with E-state index in [0.29, 0.717) is 0 Å². The lowest BCUT2D eigenvalue weighted by Crippen LogP contribution is -2.20. The summed E-state index contributed by atoms with van der Waals surface area (Å²) in [6.45, 7) is 0. The number of rotatable bonds is 2. The van der Waals surface area contributed by atoms with E-state index in [1.54, 1.807) is 10.9 Å². The van der Waals surface area contributed by atoms with Crippen molar-refractivity contribution in [3.63, 3.8) is 0 Å². The molecule has 16 heavy (non-hydrogen) atoms. The molecule has 0 radical (unpaired) electrons. The van der Waals surface area contributed by atoms with Crippen molar-refractivity contribution in [3.8, 4) is 5.69 Å². The number of hydrogen-bond donors (Lipinski definition) is 2. The monoisotopic (exact) mass is 296 g/mol. The summed E-state index contributed by atoms with van der Waals surface area (Å²) in [5.74, 6) is 0. The summed E-state index contributed by atoms with van der Waals surface area (Å²) >= 11 is 8.17. The van der Waals surface area contributed by atoms with E-state index < -0.39 is 0 Å². The molecule has 0 amide bonds. The number of aromatic nitrogens is 2. The second kappa shape index (κ2) is 4.63. The van der Waals surface area contributed by atoms with Crippen LogP contribution in [0.1, 0.15) is 0 Å². The summed E-state index contributed by atoms with van der Waals surface area (Å²) in [5, 5.41) is 7.35. The molecule has 0 spiro atoms. The van der Waals surface area contributed by atoms with Gasteiger partial charge in [-0.15, -0.1) is 0 Å². The summed E-state index contributed by atoms with van der Waals surface area (Å²) in [5.41, 5.74) is 7.17. The average molecular weight is 297 g/mol. The number of nitrogens with one attached hydrogen (secondary N) is 1. The molecular formula is C10H9BrN4S. The molecule has 0 bridgehead atoms. The first kappa shape index (κ1) is 11.1. The Morgan fingerprint density at radius 1 is 1.44 bits per heavy atom. The zero-order valence-electron chi connectivity index (χ0n) is 8.22. The van der Waals surface area contributed by atoms with E-state index in [9.17, 15) is 0 Å². The van der Waals surface area contributed by atoms with Crippen LogP contribution in [-0.2, 0) is 0 Å². The van der Waals surface area contributed by atoms with Crippen molar-refractivity contribution in [2.24, 2.45) is 5.73 Å². The van der Waals surface area contributed by atoms with E-state index in [2.05, 4.69) is 26.3 Å². The quantitative estimate of drug-likeness (QED) is 0.835. The highest BCUT2D eigenvalue weighted by molar-refractivity contribution is 9.10. The standard InChI is InChI=1S/C10H9BrN4S/c11-7-5-13-15(6-7)9-4-2-1-3-8(9)14-10(12)16/h1-6H,(H3,12,14,16). The van der Waals surface area contributed by atoms with E-state index in [-0.39, 0.29) is 5.11 Å². The van der Waals surface area contributed by atoms with E-state index in [1.807, 2.05) is 30.5 Å². The normalized spacial score (nSPS) is 10.1. The van der Waals surface area contributed by atoms with Crippen LogP contribution in [0.3, 0.4) is 0 Å². The van der Waals surface area contributed by atoms with Gasteiger partial charge in [0.15, 0.2) is 5.11 Å². The Labute approximate surface area is 107 Å². The number of halogens is 1. The van der Waals surface area contributed by atoms with Crippen molar-refractivity contribution in [2.75, 3.05) is 5.32 Å². The number of nitrogens with zero attached hydrogens (tertiary/aromatic N) is 2. The van der Waals surface area contributed by atoms with Crippen LogP contribution >= 0.6 is 28.1 Å². The van der Waals surface area contributed by atoms with Crippen LogP contribution in [0.15, 0.2) is 41.1 Å². The molecule has 0 saturated heterocycles. The predicted octanol–water partition coefficient (Wildman–Crippen LogP) is 2.29. The molecule has 0 unspecified atom stereocenters. The zero-order chi connectivity index (χ0) is 11.5. The maximum Gasteiger partial charge on any atom is 0.168 e. The van der Waals surface area contributed by atoms with Gasteiger partial charge in [-0.2, -0.15) is 5.10 Å². The number of thiocarbonyl (C=S) groups is 1. The summed E-state index contributed by atoms with van der Waals surface area (Å²) in [6, 6.07) is 7.66. The van der Waals surface area contributed by atoms with Gasteiger partial charge in [0, 0.05) is 6.20 Å². The SMILES string of the molecule is NC(=S)Nc1ccccc1-n1cc(Br)cn1. The molecule has 0 atom stereocenters. The first-order chi connectivity index (χ1) is 7.66. The van der Waals surface area contributed by atoms with Gasteiger partial charge in [-0.1, -0.05) is 12.1 Å². The average Bonchev–Trinajstić information content (AvgIpc) is 2.65. The van der Waals surface area contributed by atoms with E-state index in [1.165, 1.54) is 0 Å². The van der Waals surface area contributed by atoms with E-state index >= 15 is 0 Å². The summed E-state index contributed by atoms with van der Waals surface area (Å²) < 4.78 is 2.66. The van der Waals surface area contributed by atoms with Gasteiger partial charge in [-0.3, -0.25) is 0 Å².